The maximum Gasteiger partial charge on any atom is 0.296 e. The van der Waals surface area contributed by atoms with Crippen LogP contribution in [-0.2, 0) is 4.79 Å². The van der Waals surface area contributed by atoms with E-state index in [0.717, 1.165) is 13.0 Å². The summed E-state index contributed by atoms with van der Waals surface area (Å²) in [5, 5.41) is 2.87. The topological polar surface area (TPSA) is 29.1 Å². The first kappa shape index (κ1) is 11.6. The molecule has 1 aliphatic rings. The Morgan fingerprint density at radius 3 is 2.64 bits per heavy atom. The van der Waals surface area contributed by atoms with Crippen molar-refractivity contribution in [1.82, 2.24) is 5.32 Å². The van der Waals surface area contributed by atoms with Crippen LogP contribution in [0.3, 0.4) is 0 Å². The van der Waals surface area contributed by atoms with E-state index in [-0.39, 0.29) is 5.91 Å². The number of rotatable bonds is 3. The van der Waals surface area contributed by atoms with Crippen molar-refractivity contribution in [1.29, 1.82) is 0 Å². The maximum atomic E-state index is 11.1. The molecular weight excluding hydrogens is 242 g/mol. The van der Waals surface area contributed by atoms with Gasteiger partial charge < -0.3 is 5.32 Å². The van der Waals surface area contributed by atoms with Gasteiger partial charge in [-0.15, -0.1) is 0 Å². The minimum Gasteiger partial charge on any atom is -0.345 e. The molecule has 1 N–H and O–H groups in total. The molecule has 78 valence electrons. The van der Waals surface area contributed by atoms with Crippen molar-refractivity contribution >= 4 is 21.8 Å². The minimum absolute atomic E-state index is 0.179. The summed E-state index contributed by atoms with van der Waals surface area (Å²) in [6.07, 6.45) is 6.23. The number of nitrogens with one attached hydrogen (secondary N) is 1. The van der Waals surface area contributed by atoms with Gasteiger partial charge in [-0.25, -0.2) is 0 Å². The van der Waals surface area contributed by atoms with E-state index in [1.807, 2.05) is 0 Å². The summed E-state index contributed by atoms with van der Waals surface area (Å²) in [7, 11) is 0. The Labute approximate surface area is 94.0 Å². The molecule has 0 aromatic carbocycles. The second-order valence-electron chi connectivity index (χ2n) is 3.96. The monoisotopic (exact) mass is 257 g/mol. The molecule has 1 aliphatic carbocycles. The third kappa shape index (κ3) is 3.02. The lowest BCUT2D eigenvalue weighted by Gasteiger charge is -2.27. The summed E-state index contributed by atoms with van der Waals surface area (Å²) in [6, 6.07) is 0. The highest BCUT2D eigenvalue weighted by Gasteiger charge is 2.31. The number of carbonyl (C=O) groups excluding carboxylic acids is 1. The van der Waals surface area contributed by atoms with Gasteiger partial charge in [0, 0.05) is 28.4 Å². The van der Waals surface area contributed by atoms with E-state index in [0.29, 0.717) is 5.41 Å². The predicted molar refractivity (Wildman–Crippen MR) is 60.9 cm³/mol. The molecule has 0 atom stereocenters. The molecule has 14 heavy (non-hydrogen) atoms. The lowest BCUT2D eigenvalue weighted by atomic mass is 9.83. The lowest BCUT2D eigenvalue weighted by molar-refractivity contribution is -0.116. The molecule has 0 unspecified atom stereocenters. The van der Waals surface area contributed by atoms with Crippen molar-refractivity contribution < 1.29 is 4.79 Å². The zero-order valence-electron chi connectivity index (χ0n) is 8.53. The SMILES string of the molecule is CCC1(CNC(=O)C#CBr)CCCC1. The Bertz CT molecular complexity index is 258. The van der Waals surface area contributed by atoms with E-state index in [9.17, 15) is 4.79 Å². The number of amides is 1. The second kappa shape index (κ2) is 5.41. The third-order valence-electron chi connectivity index (χ3n) is 3.20. The van der Waals surface area contributed by atoms with Crippen molar-refractivity contribution in [2.24, 2.45) is 5.41 Å². The van der Waals surface area contributed by atoms with Crippen LogP contribution in [0.1, 0.15) is 39.0 Å². The quantitative estimate of drug-likeness (QED) is 0.774. The van der Waals surface area contributed by atoms with Gasteiger partial charge in [0.15, 0.2) is 0 Å². The number of halogens is 1. The van der Waals surface area contributed by atoms with Gasteiger partial charge in [-0.1, -0.05) is 19.8 Å². The third-order valence-corrected chi connectivity index (χ3v) is 3.40. The molecule has 3 heteroatoms. The highest BCUT2D eigenvalue weighted by molar-refractivity contribution is 9.12. The summed E-state index contributed by atoms with van der Waals surface area (Å²) >= 11 is 2.91. The standard InChI is InChI=1S/C11H16BrNO/c1-2-11(6-3-4-7-11)9-13-10(14)5-8-12/h2-4,6-7,9H2,1H3,(H,13,14). The molecule has 1 rings (SSSR count). The van der Waals surface area contributed by atoms with Crippen LogP contribution in [0.5, 0.6) is 0 Å². The van der Waals surface area contributed by atoms with Gasteiger partial charge in [0.05, 0.1) is 0 Å². The maximum absolute atomic E-state index is 11.1. The van der Waals surface area contributed by atoms with Crippen LogP contribution in [0.15, 0.2) is 0 Å². The van der Waals surface area contributed by atoms with Gasteiger partial charge >= 0.3 is 0 Å². The number of hydrogen-bond donors (Lipinski definition) is 1. The molecule has 0 spiro atoms. The van der Waals surface area contributed by atoms with Crippen LogP contribution in [0.25, 0.3) is 0 Å². The number of hydrogen-bond acceptors (Lipinski definition) is 1. The normalized spacial score (nSPS) is 18.4. The Kier molecular flexibility index (Phi) is 4.47. The van der Waals surface area contributed by atoms with Crippen LogP contribution < -0.4 is 5.32 Å². The van der Waals surface area contributed by atoms with Crippen molar-refractivity contribution in [3.8, 4) is 10.8 Å². The fourth-order valence-electron chi connectivity index (χ4n) is 2.14. The summed E-state index contributed by atoms with van der Waals surface area (Å²) in [5.74, 6) is 2.25. The van der Waals surface area contributed by atoms with Crippen LogP contribution in [0.4, 0.5) is 0 Å². The van der Waals surface area contributed by atoms with Crippen LogP contribution in [0, 0.1) is 16.2 Å². The Morgan fingerprint density at radius 1 is 1.50 bits per heavy atom. The van der Waals surface area contributed by atoms with Crippen LogP contribution in [0.2, 0.25) is 0 Å². The van der Waals surface area contributed by atoms with Crippen LogP contribution >= 0.6 is 15.9 Å². The van der Waals surface area contributed by atoms with E-state index in [4.69, 9.17) is 0 Å². The van der Waals surface area contributed by atoms with Crippen molar-refractivity contribution in [2.75, 3.05) is 6.54 Å². The molecule has 1 amide bonds. The average molecular weight is 258 g/mol. The van der Waals surface area contributed by atoms with E-state index < -0.39 is 0 Å². The second-order valence-corrected chi connectivity index (χ2v) is 4.36. The van der Waals surface area contributed by atoms with E-state index in [1.54, 1.807) is 0 Å². The van der Waals surface area contributed by atoms with Gasteiger partial charge in [-0.3, -0.25) is 4.79 Å². The van der Waals surface area contributed by atoms with Gasteiger partial charge in [0.2, 0.25) is 0 Å². The largest absolute Gasteiger partial charge is 0.345 e. The summed E-state index contributed by atoms with van der Waals surface area (Å²) in [6.45, 7) is 2.98. The van der Waals surface area contributed by atoms with Crippen LogP contribution in [-0.4, -0.2) is 12.5 Å². The van der Waals surface area contributed by atoms with Gasteiger partial charge in [-0.05, 0) is 29.5 Å². The molecule has 0 radical (unpaired) electrons. The van der Waals surface area contributed by atoms with Crippen molar-refractivity contribution in [3.63, 3.8) is 0 Å². The Hall–Kier alpha value is -0.490. The average Bonchev–Trinajstić information content (AvgIpc) is 2.65. The Morgan fingerprint density at radius 2 is 2.14 bits per heavy atom. The molecule has 0 aliphatic heterocycles. The highest BCUT2D eigenvalue weighted by atomic mass is 79.9. The molecule has 0 bridgehead atoms. The molecule has 1 fully saturated rings. The first-order valence-corrected chi connectivity index (χ1v) is 5.91. The first-order chi connectivity index (χ1) is 6.72. The fraction of sp³-hybridized carbons (Fsp3) is 0.727. The zero-order chi connectivity index (χ0) is 10.4. The molecule has 1 saturated carbocycles. The molecule has 0 saturated heterocycles. The predicted octanol–water partition coefficient (Wildman–Crippen LogP) is 2.43. The zero-order valence-corrected chi connectivity index (χ0v) is 10.1. The van der Waals surface area contributed by atoms with Crippen molar-refractivity contribution in [2.45, 2.75) is 39.0 Å². The highest BCUT2D eigenvalue weighted by Crippen LogP contribution is 2.40. The fourth-order valence-corrected chi connectivity index (χ4v) is 2.32. The molecular formula is C11H16BrNO. The summed E-state index contributed by atoms with van der Waals surface area (Å²) < 4.78 is 0. The van der Waals surface area contributed by atoms with Gasteiger partial charge in [0.25, 0.3) is 5.91 Å². The van der Waals surface area contributed by atoms with Gasteiger partial charge in [0.1, 0.15) is 0 Å². The number of carbonyl (C=O) groups is 1. The van der Waals surface area contributed by atoms with E-state index in [1.165, 1.54) is 25.7 Å². The minimum atomic E-state index is -0.179. The first-order valence-electron chi connectivity index (χ1n) is 5.12. The lowest BCUT2D eigenvalue weighted by Crippen LogP contribution is -2.34. The molecule has 0 heterocycles. The molecule has 0 aromatic rings. The molecule has 0 aromatic heterocycles. The smallest absolute Gasteiger partial charge is 0.296 e. The summed E-state index contributed by atoms with van der Waals surface area (Å²) in [4.78, 5) is 13.6. The molecule has 2 nitrogen and oxygen atoms in total. The summed E-state index contributed by atoms with van der Waals surface area (Å²) in [5.41, 5.74) is 0.351. The Balaban J connectivity index is 2.40. The van der Waals surface area contributed by atoms with E-state index >= 15 is 0 Å². The van der Waals surface area contributed by atoms with E-state index in [2.05, 4.69) is 38.9 Å². The van der Waals surface area contributed by atoms with Crippen molar-refractivity contribution in [3.05, 3.63) is 0 Å². The van der Waals surface area contributed by atoms with Gasteiger partial charge in [-0.2, -0.15) is 0 Å².